The van der Waals surface area contributed by atoms with Gasteiger partial charge in [-0.05, 0) is 50.2 Å². The Morgan fingerprint density at radius 3 is 2.45 bits per heavy atom. The van der Waals surface area contributed by atoms with Crippen LogP contribution in [-0.2, 0) is 19.5 Å². The van der Waals surface area contributed by atoms with Crippen LogP contribution in [-0.4, -0.2) is 70.2 Å². The minimum Gasteiger partial charge on any atom is -0.378 e. The van der Waals surface area contributed by atoms with Crippen LogP contribution in [0.3, 0.4) is 0 Å². The molecule has 0 radical (unpaired) electrons. The summed E-state index contributed by atoms with van der Waals surface area (Å²) >= 11 is 6.19. The maximum atomic E-state index is 13.2. The van der Waals surface area contributed by atoms with Crippen molar-refractivity contribution >= 4 is 38.9 Å². The molecule has 1 N–H and O–H groups in total. The van der Waals surface area contributed by atoms with E-state index in [4.69, 9.17) is 21.1 Å². The quantitative estimate of drug-likeness (QED) is 0.688. The van der Waals surface area contributed by atoms with E-state index in [1.165, 1.54) is 16.4 Å². The number of nitrogens with zero attached hydrogens (tertiary/aromatic N) is 2. The van der Waals surface area contributed by atoms with Gasteiger partial charge >= 0.3 is 0 Å². The van der Waals surface area contributed by atoms with Crippen LogP contribution in [0, 0.1) is 0 Å². The second-order valence-electron chi connectivity index (χ2n) is 8.32. The Labute approximate surface area is 199 Å². The second kappa shape index (κ2) is 9.99. The molecular weight excluding hydrogens is 466 g/mol. The van der Waals surface area contributed by atoms with Gasteiger partial charge in [0.1, 0.15) is 0 Å². The van der Waals surface area contributed by atoms with Crippen LogP contribution < -0.4 is 10.2 Å². The Kier molecular flexibility index (Phi) is 7.25. The molecule has 33 heavy (non-hydrogen) atoms. The lowest BCUT2D eigenvalue weighted by molar-refractivity contribution is -0.0440. The normalized spacial score (nSPS) is 22.2. The van der Waals surface area contributed by atoms with Crippen LogP contribution in [0.1, 0.15) is 24.2 Å². The van der Waals surface area contributed by atoms with E-state index in [2.05, 4.69) is 10.2 Å². The number of ether oxygens (including phenoxy) is 2. The highest BCUT2D eigenvalue weighted by Crippen LogP contribution is 2.30. The zero-order chi connectivity index (χ0) is 23.6. The molecule has 8 nitrogen and oxygen atoms in total. The van der Waals surface area contributed by atoms with E-state index in [9.17, 15) is 13.2 Å². The van der Waals surface area contributed by atoms with Gasteiger partial charge in [-0.1, -0.05) is 17.7 Å². The van der Waals surface area contributed by atoms with Crippen molar-refractivity contribution in [2.45, 2.75) is 31.0 Å². The molecule has 0 spiro atoms. The molecule has 2 aliphatic heterocycles. The number of anilines is 2. The Bertz CT molecular complexity index is 1110. The molecule has 2 aromatic carbocycles. The number of rotatable bonds is 5. The van der Waals surface area contributed by atoms with Gasteiger partial charge in [0, 0.05) is 36.8 Å². The number of carbonyl (C=O) groups excluding carboxylic acids is 1. The number of sulfonamides is 1. The maximum Gasteiger partial charge on any atom is 0.255 e. The average Bonchev–Trinajstić information content (AvgIpc) is 2.79. The van der Waals surface area contributed by atoms with Crippen LogP contribution in [0.4, 0.5) is 11.4 Å². The van der Waals surface area contributed by atoms with E-state index < -0.39 is 15.9 Å². The number of benzene rings is 2. The standard InChI is InChI=1S/C23H28ClN3O5S/c1-16-14-27(15-17(2)32-16)33(29,30)20-5-3-4-18(12-20)23(28)25-21-13-19(24)6-7-22(21)26-8-10-31-11-9-26/h3-7,12-13,16-17H,8-11,14-15H2,1-2H3,(H,25,28). The predicted molar refractivity (Wildman–Crippen MR) is 128 cm³/mol. The molecule has 0 bridgehead atoms. The first kappa shape index (κ1) is 24.0. The first-order valence-corrected chi connectivity index (χ1v) is 12.7. The van der Waals surface area contributed by atoms with Crippen LogP contribution in [0.2, 0.25) is 5.02 Å². The van der Waals surface area contributed by atoms with Crippen molar-refractivity contribution in [3.05, 3.63) is 53.1 Å². The summed E-state index contributed by atoms with van der Waals surface area (Å²) in [4.78, 5) is 15.3. The molecule has 2 fully saturated rings. The number of nitrogens with one attached hydrogen (secondary N) is 1. The van der Waals surface area contributed by atoms with E-state index in [0.717, 1.165) is 5.69 Å². The van der Waals surface area contributed by atoms with E-state index >= 15 is 0 Å². The number of carbonyl (C=O) groups is 1. The summed E-state index contributed by atoms with van der Waals surface area (Å²) in [6.45, 7) is 6.86. The van der Waals surface area contributed by atoms with Gasteiger partial charge in [-0.3, -0.25) is 4.79 Å². The summed E-state index contributed by atoms with van der Waals surface area (Å²) < 4.78 is 38.9. The SMILES string of the molecule is CC1CN(S(=O)(=O)c2cccc(C(=O)Nc3cc(Cl)ccc3N3CCOCC3)c2)CC(C)O1. The van der Waals surface area contributed by atoms with E-state index in [1.54, 1.807) is 24.3 Å². The molecule has 2 saturated heterocycles. The van der Waals surface area contributed by atoms with Gasteiger partial charge in [-0.15, -0.1) is 0 Å². The van der Waals surface area contributed by atoms with Crippen molar-refractivity contribution in [1.29, 1.82) is 0 Å². The predicted octanol–water partition coefficient (Wildman–Crippen LogP) is 3.23. The molecule has 2 unspecified atom stereocenters. The molecule has 2 heterocycles. The van der Waals surface area contributed by atoms with E-state index in [-0.39, 0.29) is 35.8 Å². The van der Waals surface area contributed by atoms with Gasteiger partial charge in [0.25, 0.3) is 5.91 Å². The molecule has 0 aromatic heterocycles. The lowest BCUT2D eigenvalue weighted by Gasteiger charge is -2.34. The number of amides is 1. The summed E-state index contributed by atoms with van der Waals surface area (Å²) in [5.41, 5.74) is 1.66. The first-order valence-electron chi connectivity index (χ1n) is 10.9. The first-order chi connectivity index (χ1) is 15.7. The summed E-state index contributed by atoms with van der Waals surface area (Å²) in [5.74, 6) is -0.410. The van der Waals surface area contributed by atoms with Crippen LogP contribution in [0.5, 0.6) is 0 Å². The summed E-state index contributed by atoms with van der Waals surface area (Å²) in [6, 6.07) is 11.4. The minimum atomic E-state index is -3.76. The van der Waals surface area contributed by atoms with Crippen molar-refractivity contribution in [3.63, 3.8) is 0 Å². The number of hydrogen-bond donors (Lipinski definition) is 1. The van der Waals surface area contributed by atoms with Crippen molar-refractivity contribution in [2.24, 2.45) is 0 Å². The van der Waals surface area contributed by atoms with Crippen molar-refractivity contribution in [2.75, 3.05) is 49.6 Å². The molecule has 2 aliphatic rings. The highest BCUT2D eigenvalue weighted by atomic mass is 35.5. The third-order valence-electron chi connectivity index (χ3n) is 5.68. The van der Waals surface area contributed by atoms with Gasteiger partial charge in [0.15, 0.2) is 0 Å². The van der Waals surface area contributed by atoms with Crippen molar-refractivity contribution in [1.82, 2.24) is 4.31 Å². The highest BCUT2D eigenvalue weighted by molar-refractivity contribution is 7.89. The lowest BCUT2D eigenvalue weighted by atomic mass is 10.2. The van der Waals surface area contributed by atoms with Crippen LogP contribution in [0.15, 0.2) is 47.4 Å². The van der Waals surface area contributed by atoms with Crippen molar-refractivity contribution < 1.29 is 22.7 Å². The Hall–Kier alpha value is -2.17. The molecule has 1 amide bonds. The second-order valence-corrected chi connectivity index (χ2v) is 10.7. The fourth-order valence-electron chi connectivity index (χ4n) is 4.16. The Balaban J connectivity index is 1.57. The van der Waals surface area contributed by atoms with Gasteiger partial charge in [-0.2, -0.15) is 4.31 Å². The number of hydrogen-bond acceptors (Lipinski definition) is 6. The van der Waals surface area contributed by atoms with Gasteiger partial charge in [0.2, 0.25) is 10.0 Å². The average molecular weight is 494 g/mol. The zero-order valence-corrected chi connectivity index (χ0v) is 20.2. The van der Waals surface area contributed by atoms with Gasteiger partial charge in [-0.25, -0.2) is 8.42 Å². The molecule has 0 saturated carbocycles. The number of halogens is 1. The smallest absolute Gasteiger partial charge is 0.255 e. The molecular formula is C23H28ClN3O5S. The summed E-state index contributed by atoms with van der Waals surface area (Å²) in [6.07, 6.45) is -0.395. The third kappa shape index (κ3) is 5.50. The Morgan fingerprint density at radius 2 is 1.76 bits per heavy atom. The van der Waals surface area contributed by atoms with Crippen LogP contribution >= 0.6 is 11.6 Å². The van der Waals surface area contributed by atoms with Gasteiger partial charge < -0.3 is 19.7 Å². The molecule has 10 heteroatoms. The third-order valence-corrected chi connectivity index (χ3v) is 7.74. The molecule has 0 aliphatic carbocycles. The van der Waals surface area contributed by atoms with Crippen molar-refractivity contribution in [3.8, 4) is 0 Å². The summed E-state index contributed by atoms with van der Waals surface area (Å²) in [7, 11) is -3.76. The molecule has 4 rings (SSSR count). The lowest BCUT2D eigenvalue weighted by Crippen LogP contribution is -2.48. The van der Waals surface area contributed by atoms with E-state index in [1.807, 2.05) is 19.9 Å². The monoisotopic (exact) mass is 493 g/mol. The number of morpholine rings is 2. The van der Waals surface area contributed by atoms with E-state index in [0.29, 0.717) is 37.0 Å². The fraction of sp³-hybridized carbons (Fsp3) is 0.435. The fourth-order valence-corrected chi connectivity index (χ4v) is 5.97. The maximum absolute atomic E-state index is 13.2. The molecule has 2 aromatic rings. The molecule has 178 valence electrons. The summed E-state index contributed by atoms with van der Waals surface area (Å²) in [5, 5.41) is 3.40. The topological polar surface area (TPSA) is 88.2 Å². The van der Waals surface area contributed by atoms with Crippen LogP contribution in [0.25, 0.3) is 0 Å². The largest absolute Gasteiger partial charge is 0.378 e. The molecule has 2 atom stereocenters. The minimum absolute atomic E-state index is 0.0796. The highest BCUT2D eigenvalue weighted by Gasteiger charge is 2.32. The Morgan fingerprint density at radius 1 is 1.06 bits per heavy atom. The van der Waals surface area contributed by atoms with Gasteiger partial charge in [0.05, 0.1) is 41.7 Å². The zero-order valence-electron chi connectivity index (χ0n) is 18.7.